The molecule has 4 aromatic rings. The summed E-state index contributed by atoms with van der Waals surface area (Å²) in [6.45, 7) is 8.53. The fourth-order valence-corrected chi connectivity index (χ4v) is 10.2. The lowest BCUT2D eigenvalue weighted by atomic mass is 10.0. The predicted molar refractivity (Wildman–Crippen MR) is 243 cm³/mol. The highest BCUT2D eigenvalue weighted by molar-refractivity contribution is 6.01. The quantitative estimate of drug-likeness (QED) is 0.106. The Morgan fingerprint density at radius 1 is 0.738 bits per heavy atom. The van der Waals surface area contributed by atoms with E-state index in [1.807, 2.05) is 99.3 Å². The molecule has 16 nitrogen and oxygen atoms in total. The number of aliphatic hydroxyl groups excluding tert-OH is 1. The van der Waals surface area contributed by atoms with Gasteiger partial charge in [0.25, 0.3) is 0 Å². The van der Waals surface area contributed by atoms with Crippen molar-refractivity contribution in [1.82, 2.24) is 25.0 Å². The number of aromatic nitrogens is 1. The van der Waals surface area contributed by atoms with Gasteiger partial charge in [-0.25, -0.2) is 9.59 Å². The van der Waals surface area contributed by atoms with Gasteiger partial charge in [0, 0.05) is 47.0 Å². The van der Waals surface area contributed by atoms with Crippen molar-refractivity contribution in [3.8, 4) is 17.0 Å². The van der Waals surface area contributed by atoms with E-state index in [0.717, 1.165) is 53.4 Å². The zero-order valence-electron chi connectivity index (χ0n) is 37.8. The number of hydrogen-bond donors (Lipinski definition) is 5. The van der Waals surface area contributed by atoms with Crippen molar-refractivity contribution in [3.63, 3.8) is 0 Å². The van der Waals surface area contributed by atoms with Crippen LogP contribution in [0.2, 0.25) is 0 Å². The number of amides is 5. The van der Waals surface area contributed by atoms with E-state index in [0.29, 0.717) is 43.1 Å². The molecule has 16 heteroatoms. The molecule has 344 valence electrons. The van der Waals surface area contributed by atoms with Crippen molar-refractivity contribution < 1.29 is 43.3 Å². The summed E-state index contributed by atoms with van der Waals surface area (Å²) in [6.07, 6.45) is 2.00. The summed E-state index contributed by atoms with van der Waals surface area (Å²) in [5.74, 6) is -0.598. The Balaban J connectivity index is 0.976. The molecule has 5 N–H and O–H groups in total. The molecule has 65 heavy (non-hydrogen) atoms. The highest BCUT2D eigenvalue weighted by Gasteiger charge is 2.57. The van der Waals surface area contributed by atoms with Crippen LogP contribution in [0, 0.1) is 22.7 Å². The molecule has 3 aromatic carbocycles. The molecule has 3 aliphatic heterocycles. The van der Waals surface area contributed by atoms with Crippen LogP contribution in [0.25, 0.3) is 22.2 Å². The molecular formula is C49H59N7O9. The molecule has 6 atom stereocenters. The van der Waals surface area contributed by atoms with E-state index in [9.17, 15) is 29.1 Å². The maximum atomic E-state index is 14.2. The fraction of sp³-hybridized carbons (Fsp3) is 0.490. The van der Waals surface area contributed by atoms with Gasteiger partial charge in [0.05, 0.1) is 37.5 Å². The van der Waals surface area contributed by atoms with Gasteiger partial charge in [-0.1, -0.05) is 58.0 Å². The summed E-state index contributed by atoms with van der Waals surface area (Å²) in [5.41, 5.74) is 4.50. The van der Waals surface area contributed by atoms with Crippen LogP contribution in [-0.4, -0.2) is 107 Å². The Morgan fingerprint density at radius 2 is 1.35 bits per heavy atom. The zero-order valence-corrected chi connectivity index (χ0v) is 37.8. The van der Waals surface area contributed by atoms with Crippen molar-refractivity contribution >= 4 is 52.2 Å². The maximum Gasteiger partial charge on any atom is 0.407 e. The highest BCUT2D eigenvalue weighted by Crippen LogP contribution is 2.56. The molecule has 5 aliphatic rings. The van der Waals surface area contributed by atoms with Crippen LogP contribution in [0.1, 0.15) is 78.0 Å². The van der Waals surface area contributed by atoms with E-state index in [4.69, 9.17) is 14.2 Å². The number of methoxy groups -OCH3 is 2. The third kappa shape index (κ3) is 8.49. The lowest BCUT2D eigenvalue weighted by Crippen LogP contribution is -2.57. The first-order valence-corrected chi connectivity index (χ1v) is 22.7. The molecule has 2 aliphatic carbocycles. The summed E-state index contributed by atoms with van der Waals surface area (Å²) in [5, 5.41) is 24.2. The van der Waals surface area contributed by atoms with Crippen molar-refractivity contribution in [3.05, 3.63) is 78.4 Å². The number of nitrogens with zero attached hydrogens (tertiary/aromatic N) is 3. The van der Waals surface area contributed by atoms with E-state index in [-0.39, 0.29) is 40.4 Å². The number of alkyl carbamates (subject to hydrolysis) is 2. The van der Waals surface area contributed by atoms with Crippen molar-refractivity contribution in [2.75, 3.05) is 37.9 Å². The molecule has 0 radical (unpaired) electrons. The lowest BCUT2D eigenvalue weighted by Gasteiger charge is -2.36. The van der Waals surface area contributed by atoms with E-state index in [1.54, 1.807) is 4.90 Å². The Hall–Kier alpha value is -6.13. The second-order valence-corrected chi connectivity index (χ2v) is 19.5. The van der Waals surface area contributed by atoms with Gasteiger partial charge in [0.1, 0.15) is 24.1 Å². The largest absolute Gasteiger partial charge is 0.465 e. The van der Waals surface area contributed by atoms with Crippen LogP contribution in [0.3, 0.4) is 0 Å². The van der Waals surface area contributed by atoms with Gasteiger partial charge in [-0.2, -0.15) is 0 Å². The number of hydrogen-bond acceptors (Lipinski definition) is 10. The van der Waals surface area contributed by atoms with E-state index in [1.165, 1.54) is 14.2 Å². The molecule has 4 fully saturated rings. The van der Waals surface area contributed by atoms with Crippen LogP contribution in [0.4, 0.5) is 21.0 Å². The number of rotatable bonds is 12. The molecule has 2 saturated carbocycles. The summed E-state index contributed by atoms with van der Waals surface area (Å²) >= 11 is 0. The minimum atomic E-state index is -1.10. The average molecular weight is 890 g/mol. The topological polar surface area (TPSA) is 193 Å². The van der Waals surface area contributed by atoms with Crippen molar-refractivity contribution in [1.29, 1.82) is 0 Å². The number of likely N-dealkylation sites (tertiary alicyclic amines) is 2. The van der Waals surface area contributed by atoms with Crippen LogP contribution in [-0.2, 0) is 23.9 Å². The average Bonchev–Trinajstić information content (AvgIpc) is 4.09. The zero-order chi connectivity index (χ0) is 45.9. The molecular weight excluding hydrogens is 831 g/mol. The molecule has 5 amide bonds. The fourth-order valence-electron chi connectivity index (χ4n) is 10.2. The molecule has 9 rings (SSSR count). The lowest BCUT2D eigenvalue weighted by molar-refractivity contribution is -0.139. The van der Waals surface area contributed by atoms with Gasteiger partial charge >= 0.3 is 12.2 Å². The number of benzene rings is 3. The number of fused-ring (bicyclic) bond motifs is 5. The second-order valence-electron chi connectivity index (χ2n) is 19.5. The highest BCUT2D eigenvalue weighted by atomic mass is 16.5. The van der Waals surface area contributed by atoms with Crippen molar-refractivity contribution in [2.24, 2.45) is 22.7 Å². The first kappa shape index (κ1) is 44.1. The Kier molecular flexibility index (Phi) is 11.5. The SMILES string of the molecule is COC(=O)N[C@@H](C(C)C)C(O)N1CC2(CC2)C[C@H]1C(=O)Nc1ccc2c(c1)OC(c1ccccc1)n1c-2cc2cc(NC(=O)[C@@H]3CC4(CC4)CN3C(=O)[C@@H](NC(=O)OC)C(C)C)ccc21. The first-order valence-electron chi connectivity index (χ1n) is 22.7. The van der Waals surface area contributed by atoms with Gasteiger partial charge in [0.2, 0.25) is 23.9 Å². The summed E-state index contributed by atoms with van der Waals surface area (Å²) in [4.78, 5) is 70.1. The van der Waals surface area contributed by atoms with Gasteiger partial charge in [0.15, 0.2) is 0 Å². The Bertz CT molecular complexity index is 2510. The summed E-state index contributed by atoms with van der Waals surface area (Å²) in [6, 6.07) is 20.5. The second kappa shape index (κ2) is 17.0. The molecule has 1 aromatic heterocycles. The maximum absolute atomic E-state index is 14.2. The van der Waals surface area contributed by atoms with Gasteiger partial charge in [-0.05, 0) is 97.6 Å². The van der Waals surface area contributed by atoms with Crippen LogP contribution in [0.15, 0.2) is 72.8 Å². The minimum Gasteiger partial charge on any atom is -0.465 e. The Morgan fingerprint density at radius 3 is 2.00 bits per heavy atom. The number of aliphatic hydroxyl groups is 1. The number of carbonyl (C=O) groups excluding carboxylic acids is 5. The number of carbonyl (C=O) groups is 5. The van der Waals surface area contributed by atoms with Crippen LogP contribution < -0.4 is 26.0 Å². The normalized spacial score (nSPS) is 22.4. The van der Waals surface area contributed by atoms with Gasteiger partial charge < -0.3 is 50.1 Å². The number of ether oxygens (including phenoxy) is 3. The number of anilines is 2. The third-order valence-electron chi connectivity index (χ3n) is 14.3. The number of nitrogens with one attached hydrogen (secondary N) is 4. The standard InChI is InChI=1S/C49H59N7O9/c1-27(2)39(52-46(61)63-5)43(59)54-25-48(16-17-48)23-36(54)41(57)50-31-13-15-34-30(20-31)21-35-33-14-12-32(22-38(33)65-45(56(34)35)29-10-8-7-9-11-29)51-42(58)37-24-49(18-19-49)26-55(37)44(60)40(28(3)4)53-47(62)64-6/h7-15,20-22,27-28,36-37,39-40,44-45,60H,16-19,23-26H2,1-6H3,(H,50,57)(H,51,58)(H,52,61)(H,53,62)/t36-,37-,39-,40-,44?,45?/m0/s1. The van der Waals surface area contributed by atoms with Gasteiger partial charge in [-0.15, -0.1) is 0 Å². The monoisotopic (exact) mass is 889 g/mol. The smallest absolute Gasteiger partial charge is 0.407 e. The molecule has 2 spiro atoms. The summed E-state index contributed by atoms with van der Waals surface area (Å²) in [7, 11) is 2.54. The molecule has 2 unspecified atom stereocenters. The molecule has 4 heterocycles. The van der Waals surface area contributed by atoms with E-state index in [2.05, 4.69) is 31.9 Å². The van der Waals surface area contributed by atoms with E-state index >= 15 is 0 Å². The third-order valence-corrected chi connectivity index (χ3v) is 14.3. The Labute approximate surface area is 378 Å². The van der Waals surface area contributed by atoms with Crippen LogP contribution >= 0.6 is 0 Å². The first-order chi connectivity index (χ1) is 31.1. The predicted octanol–water partition coefficient (Wildman–Crippen LogP) is 6.44. The van der Waals surface area contributed by atoms with Crippen molar-refractivity contribution in [2.45, 2.75) is 103 Å². The summed E-state index contributed by atoms with van der Waals surface area (Å²) < 4.78 is 18.6. The molecule has 0 bridgehead atoms. The van der Waals surface area contributed by atoms with Gasteiger partial charge in [-0.3, -0.25) is 19.3 Å². The minimum absolute atomic E-state index is 0.0370. The van der Waals surface area contributed by atoms with E-state index < -0.39 is 48.8 Å². The van der Waals surface area contributed by atoms with Crippen LogP contribution in [0.5, 0.6) is 5.75 Å². The molecule has 2 saturated heterocycles.